The first kappa shape index (κ1) is 17.7. The summed E-state index contributed by atoms with van der Waals surface area (Å²) in [7, 11) is 1.73. The van der Waals surface area contributed by atoms with Crippen LogP contribution in [-0.4, -0.2) is 35.4 Å². The van der Waals surface area contributed by atoms with Crippen molar-refractivity contribution in [3.63, 3.8) is 0 Å². The Bertz CT molecular complexity index is 648. The summed E-state index contributed by atoms with van der Waals surface area (Å²) in [5.41, 5.74) is 2.00. The van der Waals surface area contributed by atoms with Gasteiger partial charge >= 0.3 is 6.03 Å². The number of thioether (sulfide) groups is 1. The summed E-state index contributed by atoms with van der Waals surface area (Å²) < 4.78 is 5.10. The third-order valence-corrected chi connectivity index (χ3v) is 4.36. The van der Waals surface area contributed by atoms with E-state index >= 15 is 0 Å². The number of halogens is 1. The number of carbonyl (C=O) groups excluding carboxylic acids is 1. The van der Waals surface area contributed by atoms with E-state index in [2.05, 4.69) is 10.5 Å². The molecule has 0 aliphatic carbocycles. The highest BCUT2D eigenvalue weighted by atomic mass is 35.5. The molecule has 0 bridgehead atoms. The maximum absolute atomic E-state index is 12.0. The zero-order chi connectivity index (χ0) is 16.7. The van der Waals surface area contributed by atoms with E-state index in [1.54, 1.807) is 23.7 Å². The molecule has 1 N–H and O–H groups in total. The summed E-state index contributed by atoms with van der Waals surface area (Å²) in [6, 6.07) is 9.51. The first-order valence-corrected chi connectivity index (χ1v) is 8.81. The van der Waals surface area contributed by atoms with E-state index in [9.17, 15) is 4.79 Å². The number of amides is 2. The molecule has 23 heavy (non-hydrogen) atoms. The number of aryl methyl sites for hydroxylation is 1. The van der Waals surface area contributed by atoms with Crippen LogP contribution in [0, 0.1) is 6.92 Å². The number of urea groups is 1. The van der Waals surface area contributed by atoms with E-state index in [1.807, 2.05) is 37.3 Å². The minimum Gasteiger partial charge on any atom is -0.359 e. The average molecular weight is 354 g/mol. The zero-order valence-electron chi connectivity index (χ0n) is 13.2. The highest BCUT2D eigenvalue weighted by Crippen LogP contribution is 2.16. The predicted molar refractivity (Wildman–Crippen MR) is 93.7 cm³/mol. The monoisotopic (exact) mass is 353 g/mol. The predicted octanol–water partition coefficient (Wildman–Crippen LogP) is 3.71. The Kier molecular flexibility index (Phi) is 6.80. The fourth-order valence-corrected chi connectivity index (χ4v) is 3.00. The molecule has 124 valence electrons. The van der Waals surface area contributed by atoms with Gasteiger partial charge < -0.3 is 14.7 Å². The summed E-state index contributed by atoms with van der Waals surface area (Å²) >= 11 is 7.70. The second-order valence-electron chi connectivity index (χ2n) is 5.21. The van der Waals surface area contributed by atoms with Gasteiger partial charge in [-0.3, -0.25) is 0 Å². The van der Waals surface area contributed by atoms with Crippen LogP contribution in [0.2, 0.25) is 5.02 Å². The van der Waals surface area contributed by atoms with Gasteiger partial charge in [0.05, 0.1) is 12.2 Å². The van der Waals surface area contributed by atoms with Gasteiger partial charge in [0.25, 0.3) is 0 Å². The summed E-state index contributed by atoms with van der Waals surface area (Å²) in [4.78, 5) is 13.5. The molecule has 0 atom stereocenters. The smallest absolute Gasteiger partial charge is 0.317 e. The van der Waals surface area contributed by atoms with E-state index in [-0.39, 0.29) is 6.03 Å². The van der Waals surface area contributed by atoms with Crippen LogP contribution in [0.5, 0.6) is 0 Å². The Morgan fingerprint density at radius 3 is 2.96 bits per heavy atom. The van der Waals surface area contributed by atoms with Crippen LogP contribution in [0.25, 0.3) is 0 Å². The van der Waals surface area contributed by atoms with Crippen molar-refractivity contribution >= 4 is 29.4 Å². The standard InChI is InChI=1S/C16H20ClN3O2S/c1-12-8-15(22-19-12)10-20(2)16(21)18-6-7-23-11-13-4-3-5-14(17)9-13/h3-5,8-9H,6-7,10-11H2,1-2H3,(H,18,21). The number of nitrogens with zero attached hydrogens (tertiary/aromatic N) is 2. The second kappa shape index (κ2) is 8.84. The topological polar surface area (TPSA) is 58.4 Å². The van der Waals surface area contributed by atoms with Gasteiger partial charge in [-0.25, -0.2) is 4.79 Å². The van der Waals surface area contributed by atoms with Crippen molar-refractivity contribution in [3.05, 3.63) is 52.4 Å². The van der Waals surface area contributed by atoms with Crippen molar-refractivity contribution in [2.45, 2.75) is 19.2 Å². The van der Waals surface area contributed by atoms with Crippen molar-refractivity contribution in [3.8, 4) is 0 Å². The summed E-state index contributed by atoms with van der Waals surface area (Å²) in [5.74, 6) is 2.40. The molecule has 0 fully saturated rings. The van der Waals surface area contributed by atoms with Gasteiger partial charge in [-0.1, -0.05) is 28.9 Å². The number of hydrogen-bond donors (Lipinski definition) is 1. The lowest BCUT2D eigenvalue weighted by molar-refractivity contribution is 0.201. The molecular weight excluding hydrogens is 334 g/mol. The van der Waals surface area contributed by atoms with E-state index in [0.717, 1.165) is 22.2 Å². The van der Waals surface area contributed by atoms with E-state index in [4.69, 9.17) is 16.1 Å². The first-order chi connectivity index (χ1) is 11.0. The average Bonchev–Trinajstić information content (AvgIpc) is 2.92. The Labute approximate surface area is 145 Å². The molecule has 0 spiro atoms. The lowest BCUT2D eigenvalue weighted by atomic mass is 10.2. The van der Waals surface area contributed by atoms with Gasteiger partial charge in [-0.05, 0) is 24.6 Å². The largest absolute Gasteiger partial charge is 0.359 e. The first-order valence-electron chi connectivity index (χ1n) is 7.28. The molecule has 2 aromatic rings. The van der Waals surface area contributed by atoms with Gasteiger partial charge in [0.15, 0.2) is 5.76 Å². The molecular formula is C16H20ClN3O2S. The minimum atomic E-state index is -0.123. The quantitative estimate of drug-likeness (QED) is 0.771. The van der Waals surface area contributed by atoms with Crippen molar-refractivity contribution in [1.82, 2.24) is 15.4 Å². The third-order valence-electron chi connectivity index (χ3n) is 3.10. The summed E-state index contributed by atoms with van der Waals surface area (Å²) in [6.07, 6.45) is 0. The second-order valence-corrected chi connectivity index (χ2v) is 6.75. The molecule has 2 amide bonds. The molecule has 0 aliphatic heterocycles. The molecule has 0 saturated heterocycles. The van der Waals surface area contributed by atoms with Crippen LogP contribution in [0.1, 0.15) is 17.0 Å². The zero-order valence-corrected chi connectivity index (χ0v) is 14.8. The normalized spacial score (nSPS) is 10.6. The molecule has 1 heterocycles. The SMILES string of the molecule is Cc1cc(CN(C)C(=O)NCCSCc2cccc(Cl)c2)on1. The van der Waals surface area contributed by atoms with Crippen molar-refractivity contribution in [2.24, 2.45) is 0 Å². The van der Waals surface area contributed by atoms with E-state index in [0.29, 0.717) is 18.8 Å². The van der Waals surface area contributed by atoms with Crippen LogP contribution < -0.4 is 5.32 Å². The molecule has 0 unspecified atom stereocenters. The number of carbonyl (C=O) groups is 1. The van der Waals surface area contributed by atoms with Crippen LogP contribution in [0.15, 0.2) is 34.9 Å². The maximum Gasteiger partial charge on any atom is 0.317 e. The number of aromatic nitrogens is 1. The van der Waals surface area contributed by atoms with Crippen LogP contribution in [-0.2, 0) is 12.3 Å². The highest BCUT2D eigenvalue weighted by Gasteiger charge is 2.11. The van der Waals surface area contributed by atoms with Crippen molar-refractivity contribution in [1.29, 1.82) is 0 Å². The van der Waals surface area contributed by atoms with Gasteiger partial charge in [-0.15, -0.1) is 0 Å². The fourth-order valence-electron chi connectivity index (χ4n) is 1.98. The molecule has 1 aromatic carbocycles. The molecule has 0 saturated carbocycles. The van der Waals surface area contributed by atoms with Gasteiger partial charge in [0, 0.05) is 36.2 Å². The lowest BCUT2D eigenvalue weighted by Crippen LogP contribution is -2.37. The summed E-state index contributed by atoms with van der Waals surface area (Å²) in [6.45, 7) is 2.87. The Balaban J connectivity index is 1.62. The van der Waals surface area contributed by atoms with E-state index < -0.39 is 0 Å². The van der Waals surface area contributed by atoms with Crippen LogP contribution >= 0.6 is 23.4 Å². The number of rotatable bonds is 7. The maximum atomic E-state index is 12.0. The molecule has 0 radical (unpaired) electrons. The minimum absolute atomic E-state index is 0.123. The number of nitrogens with one attached hydrogen (secondary N) is 1. The summed E-state index contributed by atoms with van der Waals surface area (Å²) in [5, 5.41) is 7.44. The Morgan fingerprint density at radius 1 is 1.43 bits per heavy atom. The molecule has 0 aliphatic rings. The molecule has 2 rings (SSSR count). The molecule has 5 nitrogen and oxygen atoms in total. The Morgan fingerprint density at radius 2 is 2.26 bits per heavy atom. The van der Waals surface area contributed by atoms with Gasteiger partial charge in [-0.2, -0.15) is 11.8 Å². The molecule has 1 aromatic heterocycles. The van der Waals surface area contributed by atoms with Crippen LogP contribution in [0.4, 0.5) is 4.79 Å². The third kappa shape index (κ3) is 6.15. The van der Waals surface area contributed by atoms with Gasteiger partial charge in [0.1, 0.15) is 0 Å². The fraction of sp³-hybridized carbons (Fsp3) is 0.375. The van der Waals surface area contributed by atoms with E-state index in [1.165, 1.54) is 5.56 Å². The van der Waals surface area contributed by atoms with Crippen LogP contribution in [0.3, 0.4) is 0 Å². The highest BCUT2D eigenvalue weighted by molar-refractivity contribution is 7.98. The number of hydrogen-bond acceptors (Lipinski definition) is 4. The lowest BCUT2D eigenvalue weighted by Gasteiger charge is -2.16. The van der Waals surface area contributed by atoms with Gasteiger partial charge in [0.2, 0.25) is 0 Å². The molecule has 7 heteroatoms. The number of benzene rings is 1. The van der Waals surface area contributed by atoms with Crippen molar-refractivity contribution in [2.75, 3.05) is 19.3 Å². The Hall–Kier alpha value is -1.66. The van der Waals surface area contributed by atoms with Crippen molar-refractivity contribution < 1.29 is 9.32 Å².